The molecule has 0 unspecified atom stereocenters. The number of benzene rings is 2. The van der Waals surface area contributed by atoms with Gasteiger partial charge in [0, 0.05) is 28.5 Å². The Morgan fingerprint density at radius 3 is 1.95 bits per heavy atom. The third kappa shape index (κ3) is 4.00. The van der Waals surface area contributed by atoms with Crippen LogP contribution in [0.15, 0.2) is 48.5 Å². The van der Waals surface area contributed by atoms with Crippen LogP contribution in [0.2, 0.25) is 5.02 Å². The Hall–Kier alpha value is -2.00. The Bertz CT molecular complexity index is 549. The Morgan fingerprint density at radius 1 is 0.947 bits per heavy atom. The van der Waals surface area contributed by atoms with Gasteiger partial charge in [0.2, 0.25) is 5.91 Å². The van der Waals surface area contributed by atoms with Crippen LogP contribution in [0.5, 0.6) is 0 Å². The maximum Gasteiger partial charge on any atom is 0.224 e. The zero-order valence-corrected chi connectivity index (χ0v) is 11.4. The van der Waals surface area contributed by atoms with Crippen molar-refractivity contribution in [1.82, 2.24) is 0 Å². The van der Waals surface area contributed by atoms with Crippen LogP contribution in [0, 0.1) is 0 Å². The lowest BCUT2D eigenvalue weighted by atomic mass is 10.2. The monoisotopic (exact) mass is 274 g/mol. The van der Waals surface area contributed by atoms with E-state index in [0.717, 1.165) is 17.1 Å². The van der Waals surface area contributed by atoms with Gasteiger partial charge < -0.3 is 10.6 Å². The van der Waals surface area contributed by atoms with Gasteiger partial charge >= 0.3 is 0 Å². The van der Waals surface area contributed by atoms with E-state index in [4.69, 9.17) is 11.6 Å². The first-order valence-corrected chi connectivity index (χ1v) is 6.47. The van der Waals surface area contributed by atoms with Crippen LogP contribution in [-0.4, -0.2) is 5.91 Å². The summed E-state index contributed by atoms with van der Waals surface area (Å²) >= 11 is 5.83. The molecule has 0 saturated heterocycles. The smallest absolute Gasteiger partial charge is 0.224 e. The summed E-state index contributed by atoms with van der Waals surface area (Å²) in [5.41, 5.74) is 2.72. The molecule has 0 heterocycles. The fourth-order valence-corrected chi connectivity index (χ4v) is 1.71. The molecule has 19 heavy (non-hydrogen) atoms. The lowest BCUT2D eigenvalue weighted by molar-refractivity contribution is -0.115. The first-order chi connectivity index (χ1) is 9.17. The molecule has 0 saturated carbocycles. The third-order valence-corrected chi connectivity index (χ3v) is 2.87. The molecule has 2 aromatic rings. The van der Waals surface area contributed by atoms with Gasteiger partial charge in [0.15, 0.2) is 0 Å². The highest BCUT2D eigenvalue weighted by Crippen LogP contribution is 2.20. The summed E-state index contributed by atoms with van der Waals surface area (Å²) < 4.78 is 0. The molecular weight excluding hydrogens is 260 g/mol. The molecule has 2 rings (SSSR count). The van der Waals surface area contributed by atoms with E-state index in [2.05, 4.69) is 10.6 Å². The summed E-state index contributed by atoms with van der Waals surface area (Å²) in [6.45, 7) is 1.83. The molecule has 0 spiro atoms. The van der Waals surface area contributed by atoms with Crippen LogP contribution in [-0.2, 0) is 4.79 Å². The molecule has 2 N–H and O–H groups in total. The summed E-state index contributed by atoms with van der Waals surface area (Å²) in [6.07, 6.45) is 0.477. The molecule has 0 radical (unpaired) electrons. The van der Waals surface area contributed by atoms with Gasteiger partial charge in [-0.05, 0) is 48.5 Å². The average Bonchev–Trinajstić information content (AvgIpc) is 2.43. The zero-order chi connectivity index (χ0) is 13.7. The van der Waals surface area contributed by atoms with Crippen molar-refractivity contribution in [3.8, 4) is 0 Å². The van der Waals surface area contributed by atoms with Gasteiger partial charge in [-0.25, -0.2) is 0 Å². The van der Waals surface area contributed by atoms with E-state index in [-0.39, 0.29) is 5.91 Å². The van der Waals surface area contributed by atoms with Crippen molar-refractivity contribution in [2.24, 2.45) is 0 Å². The SMILES string of the molecule is CCC(=O)Nc1ccc(Nc2ccc(Cl)cc2)cc1. The zero-order valence-electron chi connectivity index (χ0n) is 10.6. The summed E-state index contributed by atoms with van der Waals surface area (Å²) in [5.74, 6) is 0.0124. The van der Waals surface area contributed by atoms with Crippen LogP contribution < -0.4 is 10.6 Å². The predicted octanol–water partition coefficient (Wildman–Crippen LogP) is 4.43. The molecule has 2 aromatic carbocycles. The molecule has 0 atom stereocenters. The van der Waals surface area contributed by atoms with E-state index in [1.54, 1.807) is 0 Å². The van der Waals surface area contributed by atoms with Crippen molar-refractivity contribution in [3.63, 3.8) is 0 Å². The van der Waals surface area contributed by atoms with Crippen molar-refractivity contribution < 1.29 is 4.79 Å². The number of carbonyl (C=O) groups is 1. The third-order valence-electron chi connectivity index (χ3n) is 2.62. The highest BCUT2D eigenvalue weighted by Gasteiger charge is 1.99. The second kappa shape index (κ2) is 6.25. The van der Waals surface area contributed by atoms with Crippen LogP contribution >= 0.6 is 11.6 Å². The van der Waals surface area contributed by atoms with Crippen LogP contribution in [0.1, 0.15) is 13.3 Å². The number of halogens is 1. The Morgan fingerprint density at radius 2 is 1.42 bits per heavy atom. The van der Waals surface area contributed by atoms with Crippen LogP contribution in [0.25, 0.3) is 0 Å². The lowest BCUT2D eigenvalue weighted by Gasteiger charge is -2.08. The van der Waals surface area contributed by atoms with E-state index >= 15 is 0 Å². The van der Waals surface area contributed by atoms with Crippen molar-refractivity contribution >= 4 is 34.6 Å². The minimum atomic E-state index is 0.0124. The van der Waals surface area contributed by atoms with Gasteiger partial charge in [0.25, 0.3) is 0 Å². The van der Waals surface area contributed by atoms with Crippen molar-refractivity contribution in [2.45, 2.75) is 13.3 Å². The number of carbonyl (C=O) groups excluding carboxylic acids is 1. The molecule has 0 aliphatic heterocycles. The quantitative estimate of drug-likeness (QED) is 0.866. The molecule has 3 nitrogen and oxygen atoms in total. The highest BCUT2D eigenvalue weighted by atomic mass is 35.5. The summed E-state index contributed by atoms with van der Waals surface area (Å²) in [6, 6.07) is 15.1. The Labute approximate surface area is 117 Å². The minimum absolute atomic E-state index is 0.0124. The maximum absolute atomic E-state index is 11.2. The lowest BCUT2D eigenvalue weighted by Crippen LogP contribution is -2.09. The number of amides is 1. The number of hydrogen-bond acceptors (Lipinski definition) is 2. The molecule has 0 fully saturated rings. The number of hydrogen-bond donors (Lipinski definition) is 2. The van der Waals surface area contributed by atoms with Gasteiger partial charge in [0.1, 0.15) is 0 Å². The van der Waals surface area contributed by atoms with Crippen molar-refractivity contribution in [1.29, 1.82) is 0 Å². The predicted molar refractivity (Wildman–Crippen MR) is 80.1 cm³/mol. The molecule has 98 valence electrons. The second-order valence-corrected chi connectivity index (χ2v) is 4.55. The maximum atomic E-state index is 11.2. The number of rotatable bonds is 4. The topological polar surface area (TPSA) is 41.1 Å². The molecular formula is C15H15ClN2O. The first-order valence-electron chi connectivity index (χ1n) is 6.10. The molecule has 0 aliphatic carbocycles. The summed E-state index contributed by atoms with van der Waals surface area (Å²) in [4.78, 5) is 11.2. The van der Waals surface area contributed by atoms with Gasteiger partial charge in [0.05, 0.1) is 0 Å². The number of anilines is 3. The van der Waals surface area contributed by atoms with Gasteiger partial charge in [-0.2, -0.15) is 0 Å². The van der Waals surface area contributed by atoms with Crippen LogP contribution in [0.3, 0.4) is 0 Å². The Kier molecular flexibility index (Phi) is 4.42. The largest absolute Gasteiger partial charge is 0.356 e. The van der Waals surface area contributed by atoms with E-state index in [1.807, 2.05) is 55.5 Å². The van der Waals surface area contributed by atoms with Crippen molar-refractivity contribution in [2.75, 3.05) is 10.6 Å². The Balaban J connectivity index is 2.02. The molecule has 0 bridgehead atoms. The molecule has 0 aromatic heterocycles. The minimum Gasteiger partial charge on any atom is -0.356 e. The first kappa shape index (κ1) is 13.4. The highest BCUT2D eigenvalue weighted by molar-refractivity contribution is 6.30. The van der Waals surface area contributed by atoms with Gasteiger partial charge in [-0.1, -0.05) is 18.5 Å². The standard InChI is InChI=1S/C15H15ClN2O/c1-2-15(19)18-14-9-7-13(8-10-14)17-12-5-3-11(16)4-6-12/h3-10,17H,2H2,1H3,(H,18,19). The molecule has 1 amide bonds. The second-order valence-electron chi connectivity index (χ2n) is 4.11. The molecule has 0 aliphatic rings. The summed E-state index contributed by atoms with van der Waals surface area (Å²) in [5, 5.41) is 6.77. The van der Waals surface area contributed by atoms with Gasteiger partial charge in [-0.15, -0.1) is 0 Å². The van der Waals surface area contributed by atoms with E-state index < -0.39 is 0 Å². The fraction of sp³-hybridized carbons (Fsp3) is 0.133. The van der Waals surface area contributed by atoms with E-state index in [1.165, 1.54) is 0 Å². The van der Waals surface area contributed by atoms with E-state index in [9.17, 15) is 4.79 Å². The molecule has 4 heteroatoms. The number of nitrogens with one attached hydrogen (secondary N) is 2. The fourth-order valence-electron chi connectivity index (χ4n) is 1.59. The van der Waals surface area contributed by atoms with Crippen LogP contribution in [0.4, 0.5) is 17.1 Å². The summed E-state index contributed by atoms with van der Waals surface area (Å²) in [7, 11) is 0. The van der Waals surface area contributed by atoms with E-state index in [0.29, 0.717) is 11.4 Å². The van der Waals surface area contributed by atoms with Crippen molar-refractivity contribution in [3.05, 3.63) is 53.6 Å². The average molecular weight is 275 g/mol. The normalized spacial score (nSPS) is 10.0. The van der Waals surface area contributed by atoms with Gasteiger partial charge in [-0.3, -0.25) is 4.79 Å².